The predicted molar refractivity (Wildman–Crippen MR) is 94.6 cm³/mol. The van der Waals surface area contributed by atoms with Crippen molar-refractivity contribution in [3.63, 3.8) is 0 Å². The first kappa shape index (κ1) is 15.5. The van der Waals surface area contributed by atoms with Crippen LogP contribution in [0.4, 0.5) is 5.69 Å². The average Bonchev–Trinajstić information content (AvgIpc) is 2.88. The molecule has 1 aliphatic heterocycles. The molecule has 2 aromatic rings. The van der Waals surface area contributed by atoms with Crippen molar-refractivity contribution in [2.24, 2.45) is 7.05 Å². The molecule has 1 aromatic carbocycles. The van der Waals surface area contributed by atoms with Gasteiger partial charge in [0, 0.05) is 18.4 Å². The smallest absolute Gasteiger partial charge is 0.259 e. The van der Waals surface area contributed by atoms with Gasteiger partial charge in [0.25, 0.3) is 5.91 Å². The van der Waals surface area contributed by atoms with E-state index in [4.69, 9.17) is 0 Å². The van der Waals surface area contributed by atoms with Gasteiger partial charge in [-0.2, -0.15) is 5.10 Å². The van der Waals surface area contributed by atoms with Gasteiger partial charge in [-0.15, -0.1) is 23.5 Å². The normalized spacial score (nSPS) is 15.7. The SMILES string of the molecule is Cc1c(C(=O)Nc2cccc(C3SCCCS3)c2)cnn1C. The lowest BCUT2D eigenvalue weighted by molar-refractivity contribution is 0.102. The standard InChI is InChI=1S/C16H19N3OS2/c1-11-14(10-17-19(11)2)15(20)18-13-6-3-5-12(9-13)16-21-7-4-8-22-16/h3,5-6,9-10,16H,4,7-8H2,1-2H3,(H,18,20). The van der Waals surface area contributed by atoms with Crippen molar-refractivity contribution in [3.8, 4) is 0 Å². The topological polar surface area (TPSA) is 46.9 Å². The van der Waals surface area contributed by atoms with Crippen molar-refractivity contribution in [2.45, 2.75) is 17.9 Å². The van der Waals surface area contributed by atoms with Gasteiger partial charge < -0.3 is 5.32 Å². The Labute approximate surface area is 139 Å². The molecule has 0 aliphatic carbocycles. The number of hydrogen-bond acceptors (Lipinski definition) is 4. The second-order valence-electron chi connectivity index (χ2n) is 5.27. The number of carbonyl (C=O) groups excluding carboxylic acids is 1. The number of rotatable bonds is 3. The van der Waals surface area contributed by atoms with E-state index in [0.29, 0.717) is 10.1 Å². The summed E-state index contributed by atoms with van der Waals surface area (Å²) in [4.78, 5) is 12.4. The highest BCUT2D eigenvalue weighted by Gasteiger charge is 2.18. The number of hydrogen-bond donors (Lipinski definition) is 1. The number of benzene rings is 1. The van der Waals surface area contributed by atoms with Gasteiger partial charge in [-0.25, -0.2) is 0 Å². The van der Waals surface area contributed by atoms with Crippen molar-refractivity contribution >= 4 is 35.1 Å². The summed E-state index contributed by atoms with van der Waals surface area (Å²) < 4.78 is 2.19. The summed E-state index contributed by atoms with van der Waals surface area (Å²) in [6.45, 7) is 1.90. The van der Waals surface area contributed by atoms with Crippen LogP contribution in [0.5, 0.6) is 0 Å². The van der Waals surface area contributed by atoms with Gasteiger partial charge in [-0.3, -0.25) is 9.48 Å². The number of aromatic nitrogens is 2. The first-order valence-electron chi connectivity index (χ1n) is 7.28. The molecule has 0 bridgehead atoms. The van der Waals surface area contributed by atoms with Gasteiger partial charge in [0.2, 0.25) is 0 Å². The van der Waals surface area contributed by atoms with Crippen LogP contribution >= 0.6 is 23.5 Å². The Morgan fingerprint density at radius 1 is 1.36 bits per heavy atom. The maximum atomic E-state index is 12.4. The van der Waals surface area contributed by atoms with E-state index in [1.54, 1.807) is 10.9 Å². The molecule has 1 N–H and O–H groups in total. The van der Waals surface area contributed by atoms with Gasteiger partial charge in [0.15, 0.2) is 0 Å². The maximum Gasteiger partial charge on any atom is 0.259 e. The van der Waals surface area contributed by atoms with E-state index in [9.17, 15) is 4.79 Å². The molecular formula is C16H19N3OS2. The summed E-state index contributed by atoms with van der Waals surface area (Å²) in [6.07, 6.45) is 2.89. The van der Waals surface area contributed by atoms with Crippen LogP contribution < -0.4 is 5.32 Å². The summed E-state index contributed by atoms with van der Waals surface area (Å²) in [5.74, 6) is 2.32. The van der Waals surface area contributed by atoms with Gasteiger partial charge >= 0.3 is 0 Å². The second-order valence-corrected chi connectivity index (χ2v) is 8.00. The molecule has 22 heavy (non-hydrogen) atoms. The molecule has 0 atom stereocenters. The van der Waals surface area contributed by atoms with Crippen molar-refractivity contribution in [2.75, 3.05) is 16.8 Å². The predicted octanol–water partition coefficient (Wildman–Crippen LogP) is 3.85. The number of nitrogens with one attached hydrogen (secondary N) is 1. The Morgan fingerprint density at radius 3 is 2.82 bits per heavy atom. The summed E-state index contributed by atoms with van der Waals surface area (Å²) in [7, 11) is 1.84. The molecule has 2 heterocycles. The van der Waals surface area contributed by atoms with Gasteiger partial charge in [0.1, 0.15) is 0 Å². The number of anilines is 1. The zero-order chi connectivity index (χ0) is 15.5. The van der Waals surface area contributed by atoms with Crippen LogP contribution in [0.15, 0.2) is 30.5 Å². The lowest BCUT2D eigenvalue weighted by Gasteiger charge is -2.21. The van der Waals surface area contributed by atoms with Crippen molar-refractivity contribution in [1.29, 1.82) is 0 Å². The maximum absolute atomic E-state index is 12.4. The zero-order valence-corrected chi connectivity index (χ0v) is 14.3. The highest BCUT2D eigenvalue weighted by molar-refractivity contribution is 8.16. The summed E-state index contributed by atoms with van der Waals surface area (Å²) >= 11 is 3.97. The van der Waals surface area contributed by atoms with Crippen molar-refractivity contribution in [3.05, 3.63) is 47.3 Å². The molecule has 1 fully saturated rings. The molecule has 116 valence electrons. The summed E-state index contributed by atoms with van der Waals surface area (Å²) in [5.41, 5.74) is 3.61. The van der Waals surface area contributed by atoms with Crippen LogP contribution in [-0.2, 0) is 7.05 Å². The Morgan fingerprint density at radius 2 is 2.14 bits per heavy atom. The first-order chi connectivity index (χ1) is 10.6. The Balaban J connectivity index is 1.75. The molecule has 3 rings (SSSR count). The van der Waals surface area contributed by atoms with Crippen LogP contribution in [0, 0.1) is 6.92 Å². The minimum Gasteiger partial charge on any atom is -0.322 e. The van der Waals surface area contributed by atoms with E-state index in [1.807, 2.05) is 49.6 Å². The highest BCUT2D eigenvalue weighted by atomic mass is 32.2. The van der Waals surface area contributed by atoms with E-state index in [2.05, 4.69) is 22.5 Å². The monoisotopic (exact) mass is 333 g/mol. The molecule has 0 spiro atoms. The summed E-state index contributed by atoms with van der Waals surface area (Å²) in [5, 5.41) is 7.10. The van der Waals surface area contributed by atoms with Crippen molar-refractivity contribution in [1.82, 2.24) is 9.78 Å². The molecule has 0 radical (unpaired) electrons. The van der Waals surface area contributed by atoms with E-state index < -0.39 is 0 Å². The lowest BCUT2D eigenvalue weighted by Crippen LogP contribution is -2.13. The fourth-order valence-corrected chi connectivity index (χ4v) is 5.24. The van der Waals surface area contributed by atoms with Crippen LogP contribution in [0.2, 0.25) is 0 Å². The van der Waals surface area contributed by atoms with E-state index in [-0.39, 0.29) is 5.91 Å². The minimum atomic E-state index is -0.105. The molecule has 1 aromatic heterocycles. The lowest BCUT2D eigenvalue weighted by atomic mass is 10.2. The van der Waals surface area contributed by atoms with Crippen LogP contribution in [-0.4, -0.2) is 27.2 Å². The van der Waals surface area contributed by atoms with Crippen LogP contribution in [0.3, 0.4) is 0 Å². The Bertz CT molecular complexity index is 678. The molecule has 1 aliphatic rings. The molecule has 0 unspecified atom stereocenters. The molecular weight excluding hydrogens is 314 g/mol. The zero-order valence-electron chi connectivity index (χ0n) is 12.7. The third kappa shape index (κ3) is 3.33. The number of amides is 1. The summed E-state index contributed by atoms with van der Waals surface area (Å²) in [6, 6.07) is 8.17. The first-order valence-corrected chi connectivity index (χ1v) is 9.38. The number of carbonyl (C=O) groups is 1. The third-order valence-electron chi connectivity index (χ3n) is 3.72. The van der Waals surface area contributed by atoms with E-state index >= 15 is 0 Å². The quantitative estimate of drug-likeness (QED) is 0.927. The number of thioether (sulfide) groups is 2. The third-order valence-corrected chi connectivity index (χ3v) is 6.74. The second kappa shape index (κ2) is 6.79. The number of nitrogens with zero attached hydrogens (tertiary/aromatic N) is 2. The average molecular weight is 333 g/mol. The van der Waals surface area contributed by atoms with Gasteiger partial charge in [-0.1, -0.05) is 12.1 Å². The molecule has 0 saturated carbocycles. The molecule has 1 saturated heterocycles. The van der Waals surface area contributed by atoms with Gasteiger partial charge in [0.05, 0.1) is 16.3 Å². The van der Waals surface area contributed by atoms with Crippen LogP contribution in [0.1, 0.15) is 32.6 Å². The Kier molecular flexibility index (Phi) is 4.78. The highest BCUT2D eigenvalue weighted by Crippen LogP contribution is 2.44. The molecule has 4 nitrogen and oxygen atoms in total. The minimum absolute atomic E-state index is 0.105. The largest absolute Gasteiger partial charge is 0.322 e. The van der Waals surface area contributed by atoms with E-state index in [1.165, 1.54) is 23.5 Å². The fourth-order valence-electron chi connectivity index (χ4n) is 2.36. The number of aryl methyl sites for hydroxylation is 1. The van der Waals surface area contributed by atoms with E-state index in [0.717, 1.165) is 11.4 Å². The molecule has 6 heteroatoms. The van der Waals surface area contributed by atoms with Crippen molar-refractivity contribution < 1.29 is 4.79 Å². The van der Waals surface area contributed by atoms with Gasteiger partial charge in [-0.05, 0) is 42.5 Å². The Hall–Kier alpha value is -1.40. The van der Waals surface area contributed by atoms with Crippen LogP contribution in [0.25, 0.3) is 0 Å². The molecule has 1 amide bonds. The fraction of sp³-hybridized carbons (Fsp3) is 0.375.